The number of carbonyl (C=O) groups is 1. The van der Waals surface area contributed by atoms with Gasteiger partial charge in [-0.15, -0.1) is 0 Å². The van der Waals surface area contributed by atoms with Gasteiger partial charge in [0.05, 0.1) is 26.0 Å². The molecule has 1 aliphatic rings. The maximum atomic E-state index is 13.3. The van der Waals surface area contributed by atoms with Gasteiger partial charge in [-0.2, -0.15) is 4.98 Å². The van der Waals surface area contributed by atoms with Crippen molar-refractivity contribution in [1.29, 1.82) is 0 Å². The third-order valence-corrected chi connectivity index (χ3v) is 6.93. The topological polar surface area (TPSA) is 94.4 Å². The van der Waals surface area contributed by atoms with E-state index < -0.39 is 0 Å². The average Bonchev–Trinajstić information content (AvgIpc) is 3.35. The van der Waals surface area contributed by atoms with E-state index in [0.29, 0.717) is 23.9 Å². The number of anilines is 1. The van der Waals surface area contributed by atoms with Crippen LogP contribution in [0.1, 0.15) is 76.1 Å². The Labute approximate surface area is 219 Å². The number of hydrogen-bond donors (Lipinski definition) is 1. The van der Waals surface area contributed by atoms with Crippen LogP contribution in [0.4, 0.5) is 5.82 Å². The van der Waals surface area contributed by atoms with Crippen LogP contribution < -0.4 is 19.7 Å². The van der Waals surface area contributed by atoms with Gasteiger partial charge in [-0.1, -0.05) is 32.8 Å². The first-order chi connectivity index (χ1) is 17.9. The van der Waals surface area contributed by atoms with Crippen molar-refractivity contribution in [2.75, 3.05) is 25.7 Å². The fraction of sp³-hybridized carbons (Fsp3) is 0.500. The lowest BCUT2D eigenvalue weighted by Gasteiger charge is -2.32. The van der Waals surface area contributed by atoms with E-state index in [4.69, 9.17) is 19.4 Å². The van der Waals surface area contributed by atoms with Gasteiger partial charge < -0.3 is 19.7 Å². The fourth-order valence-electron chi connectivity index (χ4n) is 4.79. The molecule has 1 aliphatic heterocycles. The number of nitrogens with zero attached hydrogens (tertiary/aromatic N) is 5. The molecule has 3 aromatic rings. The molecule has 1 amide bonds. The minimum atomic E-state index is -0.161. The van der Waals surface area contributed by atoms with Gasteiger partial charge in [0, 0.05) is 37.5 Å². The standard InChI is InChI=1S/C28H38N6O3/c1-19(2)23-17-26(32-28(31-23)33-14-12-29-18-33)34-13-8-6-7-9-22(34)16-27(35)30-20(3)21-10-11-24(36-4)25(15-21)37-5/h10-12,14-15,17-20,22H,6-9,13,16H2,1-5H3,(H,30,35). The van der Waals surface area contributed by atoms with Gasteiger partial charge in [-0.3, -0.25) is 9.36 Å². The second kappa shape index (κ2) is 12.1. The Bertz CT molecular complexity index is 1180. The summed E-state index contributed by atoms with van der Waals surface area (Å²) in [7, 11) is 3.23. The van der Waals surface area contributed by atoms with E-state index in [9.17, 15) is 4.79 Å². The number of rotatable bonds is 9. The number of ether oxygens (including phenoxy) is 2. The Morgan fingerprint density at radius 1 is 1.08 bits per heavy atom. The highest BCUT2D eigenvalue weighted by molar-refractivity contribution is 5.77. The number of amides is 1. The summed E-state index contributed by atoms with van der Waals surface area (Å²) in [5.74, 6) is 3.06. The van der Waals surface area contributed by atoms with Crippen LogP contribution in [0, 0.1) is 0 Å². The second-order valence-corrected chi connectivity index (χ2v) is 9.88. The summed E-state index contributed by atoms with van der Waals surface area (Å²) < 4.78 is 12.6. The first kappa shape index (κ1) is 26.4. The van der Waals surface area contributed by atoms with Crippen LogP contribution in [-0.4, -0.2) is 52.2 Å². The molecular formula is C28H38N6O3. The largest absolute Gasteiger partial charge is 0.493 e. The average molecular weight is 507 g/mol. The van der Waals surface area contributed by atoms with Gasteiger partial charge >= 0.3 is 0 Å². The Hall–Kier alpha value is -3.62. The monoisotopic (exact) mass is 506 g/mol. The zero-order valence-electron chi connectivity index (χ0n) is 22.5. The van der Waals surface area contributed by atoms with Crippen molar-refractivity contribution in [3.05, 3.63) is 54.2 Å². The van der Waals surface area contributed by atoms with Crippen LogP contribution >= 0.6 is 0 Å². The molecule has 1 aromatic carbocycles. The number of hydrogen-bond acceptors (Lipinski definition) is 7. The highest BCUT2D eigenvalue weighted by Gasteiger charge is 2.27. The van der Waals surface area contributed by atoms with Crippen LogP contribution in [0.25, 0.3) is 5.95 Å². The Morgan fingerprint density at radius 2 is 1.89 bits per heavy atom. The summed E-state index contributed by atoms with van der Waals surface area (Å²) in [6, 6.07) is 7.71. The van der Waals surface area contributed by atoms with Gasteiger partial charge in [-0.25, -0.2) is 9.97 Å². The van der Waals surface area contributed by atoms with E-state index >= 15 is 0 Å². The number of aromatic nitrogens is 4. The Kier molecular flexibility index (Phi) is 8.63. The second-order valence-electron chi connectivity index (χ2n) is 9.88. The number of benzene rings is 1. The lowest BCUT2D eigenvalue weighted by molar-refractivity contribution is -0.122. The van der Waals surface area contributed by atoms with Crippen molar-refractivity contribution in [2.24, 2.45) is 0 Å². The van der Waals surface area contributed by atoms with Crippen molar-refractivity contribution < 1.29 is 14.3 Å². The van der Waals surface area contributed by atoms with Crippen molar-refractivity contribution in [3.8, 4) is 17.4 Å². The summed E-state index contributed by atoms with van der Waals surface area (Å²) in [6.45, 7) is 7.11. The predicted molar refractivity (Wildman–Crippen MR) is 144 cm³/mol. The smallest absolute Gasteiger partial charge is 0.237 e. The van der Waals surface area contributed by atoms with Crippen molar-refractivity contribution in [3.63, 3.8) is 0 Å². The molecule has 1 fully saturated rings. The molecule has 3 heterocycles. The molecule has 0 spiro atoms. The van der Waals surface area contributed by atoms with E-state index in [2.05, 4.69) is 35.1 Å². The van der Waals surface area contributed by atoms with E-state index in [-0.39, 0.29) is 23.9 Å². The van der Waals surface area contributed by atoms with Gasteiger partial charge in [0.15, 0.2) is 11.5 Å². The minimum Gasteiger partial charge on any atom is -0.493 e. The Morgan fingerprint density at radius 3 is 2.59 bits per heavy atom. The van der Waals surface area contributed by atoms with Crippen molar-refractivity contribution >= 4 is 11.7 Å². The van der Waals surface area contributed by atoms with Crippen molar-refractivity contribution in [1.82, 2.24) is 24.8 Å². The first-order valence-electron chi connectivity index (χ1n) is 13.0. The van der Waals surface area contributed by atoms with E-state index in [1.165, 1.54) is 0 Å². The van der Waals surface area contributed by atoms with Gasteiger partial charge in [0.1, 0.15) is 12.1 Å². The maximum Gasteiger partial charge on any atom is 0.237 e. The number of nitrogens with one attached hydrogen (secondary N) is 1. The van der Waals surface area contributed by atoms with Crippen molar-refractivity contribution in [2.45, 2.75) is 70.9 Å². The molecule has 9 nitrogen and oxygen atoms in total. The normalized spacial score (nSPS) is 16.8. The molecule has 1 N–H and O–H groups in total. The SMILES string of the molecule is COc1ccc(C(C)NC(=O)CC2CCCCCN2c2cc(C(C)C)nc(-n3ccnc3)n2)cc1OC. The highest BCUT2D eigenvalue weighted by atomic mass is 16.5. The molecule has 0 saturated carbocycles. The quantitative estimate of drug-likeness (QED) is 0.445. The first-order valence-corrected chi connectivity index (χ1v) is 13.0. The van der Waals surface area contributed by atoms with Crippen LogP contribution in [0.2, 0.25) is 0 Å². The molecule has 0 aliphatic carbocycles. The van der Waals surface area contributed by atoms with Crippen LogP contribution in [0.5, 0.6) is 11.5 Å². The van der Waals surface area contributed by atoms with Crippen LogP contribution in [0.3, 0.4) is 0 Å². The van der Waals surface area contributed by atoms with Crippen LogP contribution in [-0.2, 0) is 4.79 Å². The molecule has 198 valence electrons. The number of carbonyl (C=O) groups excluding carboxylic acids is 1. The highest BCUT2D eigenvalue weighted by Crippen LogP contribution is 2.31. The molecule has 0 bridgehead atoms. The molecule has 1 saturated heterocycles. The molecule has 2 aromatic heterocycles. The molecular weight excluding hydrogens is 468 g/mol. The predicted octanol–water partition coefficient (Wildman–Crippen LogP) is 4.82. The lowest BCUT2D eigenvalue weighted by atomic mass is 10.0. The van der Waals surface area contributed by atoms with Gasteiger partial charge in [-0.05, 0) is 43.4 Å². The third-order valence-electron chi connectivity index (χ3n) is 6.93. The maximum absolute atomic E-state index is 13.3. The summed E-state index contributed by atoms with van der Waals surface area (Å²) in [6.07, 6.45) is 9.95. The van der Waals surface area contributed by atoms with E-state index in [1.807, 2.05) is 35.9 Å². The summed E-state index contributed by atoms with van der Waals surface area (Å²) in [4.78, 5) is 29.4. The lowest BCUT2D eigenvalue weighted by Crippen LogP contribution is -2.40. The van der Waals surface area contributed by atoms with Crippen LogP contribution in [0.15, 0.2) is 43.0 Å². The molecule has 2 atom stereocenters. The van der Waals surface area contributed by atoms with Gasteiger partial charge in [0.25, 0.3) is 0 Å². The molecule has 9 heteroatoms. The molecule has 0 radical (unpaired) electrons. The van der Waals surface area contributed by atoms with Gasteiger partial charge in [0.2, 0.25) is 11.9 Å². The van der Waals surface area contributed by atoms with E-state index in [1.54, 1.807) is 26.7 Å². The minimum absolute atomic E-state index is 0.0205. The molecule has 4 rings (SSSR count). The number of imidazole rings is 1. The zero-order chi connectivity index (χ0) is 26.4. The Balaban J connectivity index is 1.54. The molecule has 2 unspecified atom stereocenters. The summed E-state index contributed by atoms with van der Waals surface area (Å²) in [5, 5.41) is 3.18. The third kappa shape index (κ3) is 6.39. The summed E-state index contributed by atoms with van der Waals surface area (Å²) in [5.41, 5.74) is 1.94. The fourth-order valence-corrected chi connectivity index (χ4v) is 4.79. The zero-order valence-corrected chi connectivity index (χ0v) is 22.5. The summed E-state index contributed by atoms with van der Waals surface area (Å²) >= 11 is 0. The van der Waals surface area contributed by atoms with E-state index in [0.717, 1.165) is 49.3 Å². The number of methoxy groups -OCH3 is 2. The molecule has 37 heavy (non-hydrogen) atoms.